The van der Waals surface area contributed by atoms with Gasteiger partial charge in [-0.25, -0.2) is 4.98 Å². The smallest absolute Gasteiger partial charge is 0.318 e. The fourth-order valence-electron chi connectivity index (χ4n) is 4.02. The number of ether oxygens (including phenoxy) is 2. The SMILES string of the molecule is COC(=O)[C@H](C)Sc1nc2sc3c(c2c(=O)n1C[C@H]1CCCO1)CC[C@H](C)C3. The number of thiophene rings is 1. The number of hydrogen-bond donors (Lipinski definition) is 0. The number of carbonyl (C=O) groups is 1. The molecule has 0 N–H and O–H groups in total. The van der Waals surface area contributed by atoms with Crippen molar-refractivity contribution in [2.45, 2.75) is 69.0 Å². The van der Waals surface area contributed by atoms with Crippen molar-refractivity contribution in [2.24, 2.45) is 5.92 Å². The second-order valence-electron chi connectivity index (χ2n) is 7.76. The topological polar surface area (TPSA) is 70.4 Å². The van der Waals surface area contributed by atoms with Crippen LogP contribution >= 0.6 is 23.1 Å². The molecule has 152 valence electrons. The third-order valence-electron chi connectivity index (χ3n) is 5.61. The molecule has 0 spiro atoms. The summed E-state index contributed by atoms with van der Waals surface area (Å²) in [6.45, 7) is 5.26. The molecule has 1 aliphatic carbocycles. The predicted molar refractivity (Wildman–Crippen MR) is 111 cm³/mol. The Morgan fingerprint density at radius 1 is 1.46 bits per heavy atom. The predicted octanol–water partition coefficient (Wildman–Crippen LogP) is 3.42. The Kier molecular flexibility index (Phi) is 5.81. The van der Waals surface area contributed by atoms with Gasteiger partial charge in [0.2, 0.25) is 0 Å². The Labute approximate surface area is 172 Å². The molecule has 4 rings (SSSR count). The number of rotatable bonds is 5. The normalized spacial score (nSPS) is 23.0. The molecule has 2 aromatic rings. The molecule has 1 fully saturated rings. The fraction of sp³-hybridized carbons (Fsp3) is 0.650. The van der Waals surface area contributed by atoms with Gasteiger partial charge in [-0.1, -0.05) is 18.7 Å². The van der Waals surface area contributed by atoms with Crippen LogP contribution in [0.4, 0.5) is 0 Å². The van der Waals surface area contributed by atoms with Crippen LogP contribution in [0.1, 0.15) is 43.6 Å². The van der Waals surface area contributed by atoms with Gasteiger partial charge in [0.25, 0.3) is 5.56 Å². The van der Waals surface area contributed by atoms with E-state index in [9.17, 15) is 9.59 Å². The van der Waals surface area contributed by atoms with Crippen molar-refractivity contribution in [1.82, 2.24) is 9.55 Å². The van der Waals surface area contributed by atoms with E-state index in [0.29, 0.717) is 17.6 Å². The van der Waals surface area contributed by atoms with Crippen LogP contribution < -0.4 is 5.56 Å². The Hall–Kier alpha value is -1.38. The monoisotopic (exact) mass is 422 g/mol. The molecule has 0 unspecified atom stereocenters. The van der Waals surface area contributed by atoms with Gasteiger partial charge in [-0.3, -0.25) is 14.2 Å². The van der Waals surface area contributed by atoms with Crippen molar-refractivity contribution in [3.05, 3.63) is 20.8 Å². The average Bonchev–Trinajstić information content (AvgIpc) is 3.30. The third kappa shape index (κ3) is 3.74. The average molecular weight is 423 g/mol. The van der Waals surface area contributed by atoms with E-state index >= 15 is 0 Å². The first-order chi connectivity index (χ1) is 13.5. The molecule has 8 heteroatoms. The molecule has 0 aromatic carbocycles. The number of nitrogens with zero attached hydrogens (tertiary/aromatic N) is 2. The van der Waals surface area contributed by atoms with Crippen LogP contribution in [0.2, 0.25) is 0 Å². The van der Waals surface area contributed by atoms with Gasteiger partial charge in [-0.2, -0.15) is 0 Å². The Morgan fingerprint density at radius 2 is 2.29 bits per heavy atom. The van der Waals surface area contributed by atoms with Crippen molar-refractivity contribution >= 4 is 39.3 Å². The van der Waals surface area contributed by atoms with E-state index in [1.807, 2.05) is 0 Å². The maximum Gasteiger partial charge on any atom is 0.318 e. The Morgan fingerprint density at radius 3 is 3.00 bits per heavy atom. The van der Waals surface area contributed by atoms with Crippen LogP contribution in [0.25, 0.3) is 10.2 Å². The molecule has 2 aromatic heterocycles. The lowest BCUT2D eigenvalue weighted by molar-refractivity contribution is -0.139. The molecule has 0 bridgehead atoms. The van der Waals surface area contributed by atoms with Gasteiger partial charge in [0.15, 0.2) is 5.16 Å². The molecule has 0 radical (unpaired) electrons. The molecule has 1 aliphatic heterocycles. The molecule has 0 amide bonds. The van der Waals surface area contributed by atoms with E-state index in [-0.39, 0.29) is 17.6 Å². The minimum Gasteiger partial charge on any atom is -0.468 e. The van der Waals surface area contributed by atoms with Crippen molar-refractivity contribution in [3.63, 3.8) is 0 Å². The summed E-state index contributed by atoms with van der Waals surface area (Å²) in [6, 6.07) is 0. The molecule has 1 saturated heterocycles. The van der Waals surface area contributed by atoms with E-state index in [4.69, 9.17) is 14.5 Å². The number of fused-ring (bicyclic) bond motifs is 3. The molecule has 3 atom stereocenters. The molecule has 0 saturated carbocycles. The number of methoxy groups -OCH3 is 1. The Bertz CT molecular complexity index is 946. The van der Waals surface area contributed by atoms with Gasteiger partial charge in [0, 0.05) is 11.5 Å². The summed E-state index contributed by atoms with van der Waals surface area (Å²) in [6.07, 6.45) is 5.06. The van der Waals surface area contributed by atoms with Crippen LogP contribution in [-0.2, 0) is 33.7 Å². The van der Waals surface area contributed by atoms with Crippen LogP contribution in [-0.4, -0.2) is 40.6 Å². The van der Waals surface area contributed by atoms with E-state index < -0.39 is 5.25 Å². The van der Waals surface area contributed by atoms with Crippen LogP contribution in [0.5, 0.6) is 0 Å². The van der Waals surface area contributed by atoms with Gasteiger partial charge >= 0.3 is 5.97 Å². The van der Waals surface area contributed by atoms with E-state index in [2.05, 4.69) is 6.92 Å². The van der Waals surface area contributed by atoms with Crippen molar-refractivity contribution in [1.29, 1.82) is 0 Å². The first kappa shape index (κ1) is 19.9. The second kappa shape index (κ2) is 8.16. The zero-order valence-corrected chi connectivity index (χ0v) is 18.2. The highest BCUT2D eigenvalue weighted by molar-refractivity contribution is 8.00. The van der Waals surface area contributed by atoms with Crippen LogP contribution in [0.15, 0.2) is 9.95 Å². The van der Waals surface area contributed by atoms with Crippen LogP contribution in [0.3, 0.4) is 0 Å². The number of esters is 1. The van der Waals surface area contributed by atoms with Crippen molar-refractivity contribution < 1.29 is 14.3 Å². The molecular weight excluding hydrogens is 396 g/mol. The van der Waals surface area contributed by atoms with E-state index in [1.165, 1.54) is 29.3 Å². The Balaban J connectivity index is 1.80. The van der Waals surface area contributed by atoms with E-state index in [0.717, 1.165) is 48.9 Å². The summed E-state index contributed by atoms with van der Waals surface area (Å²) in [5.74, 6) is 0.324. The van der Waals surface area contributed by atoms with Crippen molar-refractivity contribution in [3.8, 4) is 0 Å². The fourth-order valence-corrected chi connectivity index (χ4v) is 6.39. The number of thioether (sulfide) groups is 1. The standard InChI is InChI=1S/C20H26N2O4S2/c1-11-6-7-14-15(9-11)28-17-16(14)18(23)22(10-13-5-4-8-26-13)20(21-17)27-12(2)19(24)25-3/h11-13H,4-10H2,1-3H3/t11-,12-,13+/m0/s1. The third-order valence-corrected chi connectivity index (χ3v) is 7.82. The summed E-state index contributed by atoms with van der Waals surface area (Å²) in [5.41, 5.74) is 1.20. The lowest BCUT2D eigenvalue weighted by Crippen LogP contribution is -2.30. The van der Waals surface area contributed by atoms with Gasteiger partial charge in [-0.05, 0) is 50.5 Å². The minimum atomic E-state index is -0.431. The number of carbonyl (C=O) groups excluding carboxylic acids is 1. The first-order valence-corrected chi connectivity index (χ1v) is 11.6. The summed E-state index contributed by atoms with van der Waals surface area (Å²) < 4.78 is 12.4. The van der Waals surface area contributed by atoms with Gasteiger partial charge in [0.05, 0.1) is 25.1 Å². The zero-order chi connectivity index (χ0) is 19.8. The highest BCUT2D eigenvalue weighted by atomic mass is 32.2. The number of hydrogen-bond acceptors (Lipinski definition) is 7. The quantitative estimate of drug-likeness (QED) is 0.418. The molecule has 28 heavy (non-hydrogen) atoms. The summed E-state index contributed by atoms with van der Waals surface area (Å²) >= 11 is 2.93. The summed E-state index contributed by atoms with van der Waals surface area (Å²) in [4.78, 5) is 32.4. The molecule has 6 nitrogen and oxygen atoms in total. The minimum absolute atomic E-state index is 0.00659. The van der Waals surface area contributed by atoms with Crippen LogP contribution in [0, 0.1) is 5.92 Å². The highest BCUT2D eigenvalue weighted by Gasteiger charge is 2.27. The largest absolute Gasteiger partial charge is 0.468 e. The van der Waals surface area contributed by atoms with E-state index in [1.54, 1.807) is 22.8 Å². The van der Waals surface area contributed by atoms with Gasteiger partial charge in [-0.15, -0.1) is 11.3 Å². The number of aromatic nitrogens is 2. The lowest BCUT2D eigenvalue weighted by Gasteiger charge is -2.19. The maximum absolute atomic E-state index is 13.5. The van der Waals surface area contributed by atoms with Gasteiger partial charge in [0.1, 0.15) is 10.1 Å². The maximum atomic E-state index is 13.5. The second-order valence-corrected chi connectivity index (χ2v) is 10.2. The zero-order valence-electron chi connectivity index (χ0n) is 16.5. The van der Waals surface area contributed by atoms with Crippen molar-refractivity contribution in [2.75, 3.05) is 13.7 Å². The summed E-state index contributed by atoms with van der Waals surface area (Å²) in [7, 11) is 1.38. The highest BCUT2D eigenvalue weighted by Crippen LogP contribution is 2.37. The lowest BCUT2D eigenvalue weighted by atomic mass is 9.89. The van der Waals surface area contributed by atoms with Gasteiger partial charge < -0.3 is 9.47 Å². The molecule has 2 aliphatic rings. The first-order valence-electron chi connectivity index (χ1n) is 9.89. The molecular formula is C20H26N2O4S2. The molecule has 3 heterocycles. The summed E-state index contributed by atoms with van der Waals surface area (Å²) in [5, 5.41) is 0.928. The number of aryl methyl sites for hydroxylation is 1.